The molecule has 1 atom stereocenters. The summed E-state index contributed by atoms with van der Waals surface area (Å²) < 4.78 is 10.7. The van der Waals surface area contributed by atoms with Crippen molar-refractivity contribution in [3.63, 3.8) is 0 Å². The predicted molar refractivity (Wildman–Crippen MR) is 81.6 cm³/mol. The van der Waals surface area contributed by atoms with Crippen LogP contribution in [0.2, 0.25) is 0 Å². The molecule has 0 radical (unpaired) electrons. The van der Waals surface area contributed by atoms with E-state index in [1.54, 1.807) is 0 Å². The Labute approximate surface area is 126 Å². The van der Waals surface area contributed by atoms with E-state index >= 15 is 0 Å². The Hall–Kier alpha value is -1.26. The lowest BCUT2D eigenvalue weighted by Crippen LogP contribution is -2.36. The number of β-amino-alcohol motifs (C(OH)–C–C–N with tert-alkyl or cyclic N) is 1. The van der Waals surface area contributed by atoms with Crippen molar-refractivity contribution in [2.24, 2.45) is 5.92 Å². The minimum atomic E-state index is -0.456. The fourth-order valence-electron chi connectivity index (χ4n) is 3.34. The average molecular weight is 291 g/mol. The third-order valence-corrected chi connectivity index (χ3v) is 4.62. The number of benzene rings is 1. The number of hydrogen-bond acceptors (Lipinski definition) is 4. The summed E-state index contributed by atoms with van der Waals surface area (Å²) in [6.45, 7) is 5.45. The lowest BCUT2D eigenvalue weighted by molar-refractivity contribution is 0.0877. The fraction of sp³-hybridized carbons (Fsp3) is 0.647. The van der Waals surface area contributed by atoms with E-state index in [1.807, 2.05) is 18.2 Å². The molecule has 0 saturated carbocycles. The molecule has 0 spiro atoms. The first kappa shape index (κ1) is 14.7. The van der Waals surface area contributed by atoms with Crippen LogP contribution in [0.5, 0.6) is 11.5 Å². The normalized spacial score (nSPS) is 20.7. The molecule has 116 valence electrons. The van der Waals surface area contributed by atoms with E-state index in [0.717, 1.165) is 36.1 Å². The van der Waals surface area contributed by atoms with Crippen LogP contribution in [0.4, 0.5) is 0 Å². The molecule has 3 rings (SSSR count). The quantitative estimate of drug-likeness (QED) is 0.905. The molecule has 0 aromatic heterocycles. The summed E-state index contributed by atoms with van der Waals surface area (Å²) >= 11 is 0. The van der Waals surface area contributed by atoms with Crippen LogP contribution in [0, 0.1) is 5.92 Å². The van der Waals surface area contributed by atoms with Crippen molar-refractivity contribution < 1.29 is 14.6 Å². The Morgan fingerprint density at radius 3 is 2.76 bits per heavy atom. The Bertz CT molecular complexity index is 469. The first-order valence-corrected chi connectivity index (χ1v) is 8.06. The number of piperidine rings is 1. The van der Waals surface area contributed by atoms with Gasteiger partial charge in [0.2, 0.25) is 6.79 Å². The lowest BCUT2D eigenvalue weighted by atomic mass is 9.92. The number of rotatable bonds is 5. The van der Waals surface area contributed by atoms with Crippen molar-refractivity contribution in [2.45, 2.75) is 38.7 Å². The van der Waals surface area contributed by atoms with Gasteiger partial charge in [0.15, 0.2) is 11.5 Å². The van der Waals surface area contributed by atoms with Gasteiger partial charge in [-0.15, -0.1) is 0 Å². The van der Waals surface area contributed by atoms with E-state index in [4.69, 9.17) is 9.47 Å². The smallest absolute Gasteiger partial charge is 0.231 e. The van der Waals surface area contributed by atoms with Crippen LogP contribution < -0.4 is 9.47 Å². The zero-order valence-electron chi connectivity index (χ0n) is 12.8. The molecule has 1 fully saturated rings. The highest BCUT2D eigenvalue weighted by molar-refractivity contribution is 5.45. The molecule has 1 N–H and O–H groups in total. The Morgan fingerprint density at radius 2 is 2.00 bits per heavy atom. The third kappa shape index (κ3) is 3.50. The number of aliphatic hydroxyl groups is 1. The van der Waals surface area contributed by atoms with Crippen LogP contribution in [0.3, 0.4) is 0 Å². The van der Waals surface area contributed by atoms with E-state index in [0.29, 0.717) is 6.54 Å². The largest absolute Gasteiger partial charge is 0.454 e. The van der Waals surface area contributed by atoms with E-state index in [1.165, 1.54) is 25.7 Å². The van der Waals surface area contributed by atoms with Gasteiger partial charge < -0.3 is 19.5 Å². The number of nitrogens with zero attached hydrogens (tertiary/aromatic N) is 1. The van der Waals surface area contributed by atoms with Crippen LogP contribution in [-0.2, 0) is 0 Å². The van der Waals surface area contributed by atoms with Crippen molar-refractivity contribution in [3.8, 4) is 11.5 Å². The van der Waals surface area contributed by atoms with Crippen LogP contribution in [0.15, 0.2) is 18.2 Å². The molecule has 0 amide bonds. The second-order valence-electron chi connectivity index (χ2n) is 6.16. The van der Waals surface area contributed by atoms with Crippen LogP contribution >= 0.6 is 0 Å². The van der Waals surface area contributed by atoms with Gasteiger partial charge >= 0.3 is 0 Å². The lowest BCUT2D eigenvalue weighted by Gasteiger charge is -2.33. The van der Waals surface area contributed by atoms with Crippen LogP contribution in [-0.4, -0.2) is 36.4 Å². The Kier molecular flexibility index (Phi) is 4.66. The minimum Gasteiger partial charge on any atom is -0.454 e. The molecule has 0 aliphatic carbocycles. The van der Waals surface area contributed by atoms with Crippen LogP contribution in [0.25, 0.3) is 0 Å². The molecule has 4 nitrogen and oxygen atoms in total. The van der Waals surface area contributed by atoms with Crippen molar-refractivity contribution >= 4 is 0 Å². The molecular formula is C17H25NO3. The summed E-state index contributed by atoms with van der Waals surface area (Å²) in [6.07, 6.45) is 4.70. The first-order chi connectivity index (χ1) is 10.3. The van der Waals surface area contributed by atoms with Gasteiger partial charge in [0.25, 0.3) is 0 Å². The zero-order chi connectivity index (χ0) is 14.7. The maximum atomic E-state index is 10.4. The molecular weight excluding hydrogens is 266 g/mol. The highest BCUT2D eigenvalue weighted by Gasteiger charge is 2.22. The monoisotopic (exact) mass is 291 g/mol. The van der Waals surface area contributed by atoms with Crippen LogP contribution in [0.1, 0.15) is 44.3 Å². The third-order valence-electron chi connectivity index (χ3n) is 4.62. The van der Waals surface area contributed by atoms with Crippen molar-refractivity contribution in [2.75, 3.05) is 26.4 Å². The van der Waals surface area contributed by atoms with Gasteiger partial charge in [-0.2, -0.15) is 0 Å². The van der Waals surface area contributed by atoms with E-state index in [2.05, 4.69) is 11.8 Å². The van der Waals surface area contributed by atoms with Gasteiger partial charge in [0, 0.05) is 6.54 Å². The number of ether oxygens (including phenoxy) is 2. The maximum Gasteiger partial charge on any atom is 0.231 e. The molecule has 1 saturated heterocycles. The average Bonchev–Trinajstić information content (AvgIpc) is 2.97. The minimum absolute atomic E-state index is 0.278. The number of hydrogen-bond donors (Lipinski definition) is 1. The zero-order valence-corrected chi connectivity index (χ0v) is 12.8. The van der Waals surface area contributed by atoms with Crippen molar-refractivity contribution in [1.29, 1.82) is 0 Å². The summed E-state index contributed by atoms with van der Waals surface area (Å²) in [7, 11) is 0. The second kappa shape index (κ2) is 6.67. The van der Waals surface area contributed by atoms with Gasteiger partial charge in [-0.1, -0.05) is 25.8 Å². The summed E-state index contributed by atoms with van der Waals surface area (Å²) in [5, 5.41) is 10.4. The van der Waals surface area contributed by atoms with Gasteiger partial charge in [0.05, 0.1) is 6.10 Å². The molecule has 0 bridgehead atoms. The SMILES string of the molecule is CCCC1CCN(CC(O)c2ccc3c(c2)OCO3)CC1. The topological polar surface area (TPSA) is 41.9 Å². The summed E-state index contributed by atoms with van der Waals surface area (Å²) in [5.74, 6) is 2.40. The fourth-order valence-corrected chi connectivity index (χ4v) is 3.34. The standard InChI is InChI=1S/C17H25NO3/c1-2-3-13-6-8-18(9-7-13)11-15(19)14-4-5-16-17(10-14)21-12-20-16/h4-5,10,13,15,19H,2-3,6-9,11-12H2,1H3. The summed E-state index contributed by atoms with van der Waals surface area (Å²) in [5.41, 5.74) is 0.912. The molecule has 2 aliphatic rings. The number of likely N-dealkylation sites (tertiary alicyclic amines) is 1. The maximum absolute atomic E-state index is 10.4. The Morgan fingerprint density at radius 1 is 1.24 bits per heavy atom. The highest BCUT2D eigenvalue weighted by Crippen LogP contribution is 2.34. The van der Waals surface area contributed by atoms with Gasteiger partial charge in [-0.3, -0.25) is 0 Å². The predicted octanol–water partition coefficient (Wildman–Crippen LogP) is 2.96. The molecule has 2 heterocycles. The van der Waals surface area contributed by atoms with Crippen molar-refractivity contribution in [3.05, 3.63) is 23.8 Å². The molecule has 1 aromatic rings. The van der Waals surface area contributed by atoms with E-state index in [-0.39, 0.29) is 6.79 Å². The summed E-state index contributed by atoms with van der Waals surface area (Å²) in [4.78, 5) is 2.38. The van der Waals surface area contributed by atoms with Crippen molar-refractivity contribution in [1.82, 2.24) is 4.90 Å². The summed E-state index contributed by atoms with van der Waals surface area (Å²) in [6, 6.07) is 5.72. The number of aliphatic hydroxyl groups excluding tert-OH is 1. The molecule has 2 aliphatic heterocycles. The van der Waals surface area contributed by atoms with E-state index < -0.39 is 6.10 Å². The highest BCUT2D eigenvalue weighted by atomic mass is 16.7. The van der Waals surface area contributed by atoms with E-state index in [9.17, 15) is 5.11 Å². The molecule has 1 unspecified atom stereocenters. The van der Waals surface area contributed by atoms with Gasteiger partial charge in [-0.05, 0) is 49.5 Å². The van der Waals surface area contributed by atoms with Gasteiger partial charge in [-0.25, -0.2) is 0 Å². The molecule has 4 heteroatoms. The molecule has 1 aromatic carbocycles. The molecule has 21 heavy (non-hydrogen) atoms. The first-order valence-electron chi connectivity index (χ1n) is 8.06. The number of fused-ring (bicyclic) bond motifs is 1. The second-order valence-corrected chi connectivity index (χ2v) is 6.16. The van der Waals surface area contributed by atoms with Gasteiger partial charge in [0.1, 0.15) is 0 Å². The Balaban J connectivity index is 1.53.